The number of carbonyl (C=O) groups excluding carboxylic acids is 3. The third-order valence-electron chi connectivity index (χ3n) is 6.49. The van der Waals surface area contributed by atoms with Crippen molar-refractivity contribution in [3.63, 3.8) is 0 Å². The number of carbonyl (C=O) groups is 3. The summed E-state index contributed by atoms with van der Waals surface area (Å²) in [6.45, 7) is 3.37. The monoisotopic (exact) mass is 498 g/mol. The second-order valence-electron chi connectivity index (χ2n) is 9.13. The Labute approximate surface area is 214 Å². The summed E-state index contributed by atoms with van der Waals surface area (Å²) in [5.74, 6) is -0.744. The first-order valence-corrected chi connectivity index (χ1v) is 11.9. The zero-order valence-corrected chi connectivity index (χ0v) is 20.6. The lowest BCUT2D eigenvalue weighted by molar-refractivity contribution is -0.132. The van der Waals surface area contributed by atoms with Gasteiger partial charge >= 0.3 is 0 Å². The van der Waals surface area contributed by atoms with E-state index in [4.69, 9.17) is 9.47 Å². The quantitative estimate of drug-likeness (QED) is 0.303. The molecule has 1 fully saturated rings. The molecule has 0 radical (unpaired) electrons. The van der Waals surface area contributed by atoms with Crippen molar-refractivity contribution >= 4 is 34.7 Å². The Morgan fingerprint density at radius 2 is 1.84 bits per heavy atom. The molecule has 188 valence electrons. The molecule has 0 bridgehead atoms. The van der Waals surface area contributed by atoms with Crippen molar-refractivity contribution in [1.29, 1.82) is 0 Å². The molecular weight excluding hydrogens is 472 g/mol. The number of hydrogen-bond donors (Lipinski definition) is 2. The van der Waals surface area contributed by atoms with Crippen molar-refractivity contribution in [2.24, 2.45) is 0 Å². The zero-order valence-electron chi connectivity index (χ0n) is 20.6. The number of methoxy groups -OCH3 is 1. The maximum atomic E-state index is 13.4. The molecule has 2 aliphatic rings. The van der Waals surface area contributed by atoms with Crippen LogP contribution in [0.1, 0.15) is 36.6 Å². The molecular formula is C29H26N2O6. The van der Waals surface area contributed by atoms with Crippen LogP contribution in [0.4, 0.5) is 11.4 Å². The Hall–Kier alpha value is -4.59. The minimum Gasteiger partial charge on any atom is -0.507 e. The van der Waals surface area contributed by atoms with Crippen LogP contribution in [-0.2, 0) is 20.8 Å². The SMILES string of the molecule is COc1cccc(C2/C(=C(/O)c3ccc4c(c3)CC(C)O4)C(=O)C(=O)N2c2ccc(NC(C)=O)cc2)c1. The van der Waals surface area contributed by atoms with E-state index >= 15 is 0 Å². The average molecular weight is 499 g/mol. The molecule has 0 spiro atoms. The number of hydrogen-bond acceptors (Lipinski definition) is 6. The van der Waals surface area contributed by atoms with Gasteiger partial charge in [-0.1, -0.05) is 12.1 Å². The molecule has 0 aliphatic carbocycles. The summed E-state index contributed by atoms with van der Waals surface area (Å²) in [6, 6.07) is 18.0. The summed E-state index contributed by atoms with van der Waals surface area (Å²) >= 11 is 0. The fourth-order valence-electron chi connectivity index (χ4n) is 4.86. The number of Topliss-reactive ketones (excluding diaryl/α,β-unsaturated/α-hetero) is 1. The maximum absolute atomic E-state index is 13.4. The van der Waals surface area contributed by atoms with Gasteiger partial charge in [0.2, 0.25) is 5.91 Å². The van der Waals surface area contributed by atoms with Gasteiger partial charge in [0.25, 0.3) is 11.7 Å². The van der Waals surface area contributed by atoms with Gasteiger partial charge in [0, 0.05) is 30.3 Å². The lowest BCUT2D eigenvalue weighted by atomic mass is 9.94. The van der Waals surface area contributed by atoms with Crippen LogP contribution in [0.25, 0.3) is 5.76 Å². The molecule has 2 N–H and O–H groups in total. The van der Waals surface area contributed by atoms with Gasteiger partial charge in [-0.25, -0.2) is 0 Å². The molecule has 2 unspecified atom stereocenters. The van der Waals surface area contributed by atoms with E-state index in [9.17, 15) is 19.5 Å². The number of rotatable bonds is 5. The standard InChI is InChI=1S/C29H26N2O6/c1-16-13-20-14-19(7-12-24(20)37-16)27(33)25-26(18-5-4-6-23(15-18)36-3)31(29(35)28(25)34)22-10-8-21(9-11-22)30-17(2)32/h4-12,14-16,26,33H,13H2,1-3H3,(H,30,32)/b27-25-. The Kier molecular flexibility index (Phi) is 6.17. The number of nitrogens with one attached hydrogen (secondary N) is 1. The molecule has 8 nitrogen and oxygen atoms in total. The molecule has 3 aromatic rings. The summed E-state index contributed by atoms with van der Waals surface area (Å²) in [5, 5.41) is 14.1. The first-order chi connectivity index (χ1) is 17.8. The van der Waals surface area contributed by atoms with E-state index in [1.54, 1.807) is 66.7 Å². The Balaban J connectivity index is 1.65. The molecule has 5 rings (SSSR count). The van der Waals surface area contributed by atoms with Crippen molar-refractivity contribution in [2.75, 3.05) is 17.3 Å². The fraction of sp³-hybridized carbons (Fsp3) is 0.207. The van der Waals surface area contributed by atoms with Crippen LogP contribution >= 0.6 is 0 Å². The average Bonchev–Trinajstić information content (AvgIpc) is 3.39. The van der Waals surface area contributed by atoms with Crippen LogP contribution in [0.15, 0.2) is 72.3 Å². The molecule has 8 heteroatoms. The molecule has 0 saturated carbocycles. The summed E-state index contributed by atoms with van der Waals surface area (Å²) in [4.78, 5) is 39.6. The Morgan fingerprint density at radius 1 is 1.08 bits per heavy atom. The summed E-state index contributed by atoms with van der Waals surface area (Å²) in [7, 11) is 1.53. The molecule has 3 aromatic carbocycles. The first-order valence-electron chi connectivity index (χ1n) is 11.9. The zero-order chi connectivity index (χ0) is 26.3. The van der Waals surface area contributed by atoms with Crippen molar-refractivity contribution in [3.05, 3.63) is 89.0 Å². The van der Waals surface area contributed by atoms with Crippen LogP contribution < -0.4 is 19.7 Å². The summed E-state index contributed by atoms with van der Waals surface area (Å²) < 4.78 is 11.1. The van der Waals surface area contributed by atoms with Gasteiger partial charge in [-0.05, 0) is 72.6 Å². The highest BCUT2D eigenvalue weighted by atomic mass is 16.5. The number of aliphatic hydroxyl groups excluding tert-OH is 1. The lowest BCUT2D eigenvalue weighted by Crippen LogP contribution is -2.29. The van der Waals surface area contributed by atoms with Crippen molar-refractivity contribution in [1.82, 2.24) is 0 Å². The first kappa shape index (κ1) is 24.1. The van der Waals surface area contributed by atoms with Gasteiger partial charge in [0.05, 0.1) is 18.7 Å². The van der Waals surface area contributed by atoms with Gasteiger partial charge in [-0.3, -0.25) is 19.3 Å². The Morgan fingerprint density at radius 3 is 2.54 bits per heavy atom. The molecule has 2 atom stereocenters. The van der Waals surface area contributed by atoms with Crippen LogP contribution in [-0.4, -0.2) is 35.9 Å². The summed E-state index contributed by atoms with van der Waals surface area (Å²) in [5.41, 5.74) is 2.94. The van der Waals surface area contributed by atoms with Crippen LogP contribution in [0.3, 0.4) is 0 Å². The predicted molar refractivity (Wildman–Crippen MR) is 139 cm³/mol. The minimum atomic E-state index is -0.898. The van der Waals surface area contributed by atoms with Gasteiger partial charge in [-0.15, -0.1) is 0 Å². The highest BCUT2D eigenvalue weighted by molar-refractivity contribution is 6.51. The largest absolute Gasteiger partial charge is 0.507 e. The number of benzene rings is 3. The highest BCUT2D eigenvalue weighted by Gasteiger charge is 2.47. The number of nitrogens with zero attached hydrogens (tertiary/aromatic N) is 1. The number of ether oxygens (including phenoxy) is 2. The van der Waals surface area contributed by atoms with Crippen molar-refractivity contribution in [3.8, 4) is 11.5 Å². The highest BCUT2D eigenvalue weighted by Crippen LogP contribution is 2.43. The predicted octanol–water partition coefficient (Wildman–Crippen LogP) is 4.60. The number of fused-ring (bicyclic) bond motifs is 1. The van der Waals surface area contributed by atoms with E-state index in [1.165, 1.54) is 18.9 Å². The van der Waals surface area contributed by atoms with Gasteiger partial charge < -0.3 is 19.9 Å². The topological polar surface area (TPSA) is 105 Å². The molecule has 2 amide bonds. The molecule has 0 aromatic heterocycles. The van der Waals surface area contributed by atoms with E-state index in [0.29, 0.717) is 34.7 Å². The third kappa shape index (κ3) is 4.42. The van der Waals surface area contributed by atoms with E-state index in [2.05, 4.69) is 5.32 Å². The van der Waals surface area contributed by atoms with Crippen LogP contribution in [0, 0.1) is 0 Å². The van der Waals surface area contributed by atoms with Crippen molar-refractivity contribution < 1.29 is 29.0 Å². The van der Waals surface area contributed by atoms with Crippen LogP contribution in [0.2, 0.25) is 0 Å². The Bertz CT molecular complexity index is 1440. The smallest absolute Gasteiger partial charge is 0.300 e. The third-order valence-corrected chi connectivity index (χ3v) is 6.49. The number of aliphatic hydroxyl groups is 1. The number of anilines is 2. The second kappa shape index (κ2) is 9.46. The van der Waals surface area contributed by atoms with Crippen molar-refractivity contribution in [2.45, 2.75) is 32.4 Å². The second-order valence-corrected chi connectivity index (χ2v) is 9.13. The normalized spacial score (nSPS) is 19.9. The van der Waals surface area contributed by atoms with E-state index < -0.39 is 17.7 Å². The molecule has 2 heterocycles. The molecule has 37 heavy (non-hydrogen) atoms. The van der Waals surface area contributed by atoms with Gasteiger partial charge in [-0.2, -0.15) is 0 Å². The number of ketones is 1. The van der Waals surface area contributed by atoms with Crippen LogP contribution in [0.5, 0.6) is 11.5 Å². The molecule has 1 saturated heterocycles. The van der Waals surface area contributed by atoms with E-state index in [-0.39, 0.29) is 23.3 Å². The lowest BCUT2D eigenvalue weighted by Gasteiger charge is -2.26. The fourth-order valence-corrected chi connectivity index (χ4v) is 4.86. The minimum absolute atomic E-state index is 0.0175. The summed E-state index contributed by atoms with van der Waals surface area (Å²) in [6.07, 6.45) is 0.709. The van der Waals surface area contributed by atoms with E-state index in [0.717, 1.165) is 11.3 Å². The van der Waals surface area contributed by atoms with Gasteiger partial charge in [0.1, 0.15) is 23.4 Å². The maximum Gasteiger partial charge on any atom is 0.300 e. The van der Waals surface area contributed by atoms with Gasteiger partial charge in [0.15, 0.2) is 0 Å². The van der Waals surface area contributed by atoms with E-state index in [1.807, 2.05) is 6.92 Å². The number of amides is 2. The molecule has 2 aliphatic heterocycles.